The van der Waals surface area contributed by atoms with Crippen molar-refractivity contribution in [2.24, 2.45) is 16.7 Å². The van der Waals surface area contributed by atoms with E-state index in [1.165, 1.54) is 6.92 Å². The monoisotopic (exact) mass is 619 g/mol. The van der Waals surface area contributed by atoms with Crippen LogP contribution in [0.1, 0.15) is 92.5 Å². The number of alkyl halides is 2. The van der Waals surface area contributed by atoms with Crippen molar-refractivity contribution in [2.45, 2.75) is 84.3 Å². The summed E-state index contributed by atoms with van der Waals surface area (Å²) >= 11 is 6.69. The number of likely N-dealkylation sites (tertiary alicyclic amines) is 1. The molecule has 4 aliphatic rings. The molecule has 1 saturated heterocycles. The summed E-state index contributed by atoms with van der Waals surface area (Å²) < 4.78 is 38.5. The molecule has 2 aliphatic heterocycles. The number of hydrogen-bond donors (Lipinski definition) is 1. The summed E-state index contributed by atoms with van der Waals surface area (Å²) in [6.45, 7) is 3.88. The molecule has 0 bridgehead atoms. The number of fused-ring (bicyclic) bond motifs is 1. The van der Waals surface area contributed by atoms with E-state index in [-0.39, 0.29) is 47.4 Å². The van der Waals surface area contributed by atoms with Gasteiger partial charge >= 0.3 is 5.97 Å². The van der Waals surface area contributed by atoms with E-state index in [1.54, 1.807) is 28.9 Å². The van der Waals surface area contributed by atoms with Gasteiger partial charge in [0.25, 0.3) is 6.43 Å². The number of rotatable bonds is 8. The van der Waals surface area contributed by atoms with Gasteiger partial charge in [-0.15, -0.1) is 0 Å². The van der Waals surface area contributed by atoms with Crippen LogP contribution in [0, 0.1) is 23.7 Å². The van der Waals surface area contributed by atoms with Crippen molar-refractivity contribution in [3.63, 3.8) is 0 Å². The minimum Gasteiger partial charge on any atom is -0.487 e. The van der Waals surface area contributed by atoms with Gasteiger partial charge in [-0.2, -0.15) is 0 Å². The number of amides is 2. The van der Waals surface area contributed by atoms with E-state index in [9.17, 15) is 28.3 Å². The predicted molar refractivity (Wildman–Crippen MR) is 151 cm³/mol. The third kappa shape index (κ3) is 5.27. The number of ether oxygens (including phenoxy) is 1. The Bertz CT molecular complexity index is 1460. The van der Waals surface area contributed by atoms with E-state index in [0.717, 1.165) is 31.2 Å². The average molecular weight is 620 g/mol. The molecule has 1 spiro atoms. The minimum atomic E-state index is -2.79. The SMILES string of the molecule is Cc1onc(COc2ccc(Cl)c3c2C(CN2CC4(CC4)CC2=O)N(C(=O)C2CCCC[C@]2(C)C(=O)O)CC3)c1C(F)F. The standard InChI is InChI=1S/C31H36ClF2N3O6/c1-17-25(27(33)34)21(35-43-17)15-42-23-7-6-20(32)18-8-12-37(28(39)19-5-3-4-9-30(19,2)29(40)41)22(26(18)23)14-36-16-31(10-11-31)13-24(36)38/h6-7,19,22,27H,3-5,8-16H2,1-2H3,(H,40,41)/t19?,22?,30-/m0/s1. The number of carboxylic acids is 1. The number of carbonyl (C=O) groups excluding carboxylic acids is 2. The van der Waals surface area contributed by atoms with Gasteiger partial charge in [-0.3, -0.25) is 14.4 Å². The maximum atomic E-state index is 14.4. The fraction of sp³-hybridized carbons (Fsp3) is 0.613. The van der Waals surface area contributed by atoms with Crippen LogP contribution in [0.3, 0.4) is 0 Å². The van der Waals surface area contributed by atoms with Crippen molar-refractivity contribution in [3.8, 4) is 5.75 Å². The number of benzene rings is 1. The zero-order valence-corrected chi connectivity index (χ0v) is 25.1. The number of aromatic nitrogens is 1. The molecular weight excluding hydrogens is 584 g/mol. The molecule has 3 heterocycles. The lowest BCUT2D eigenvalue weighted by molar-refractivity contribution is -0.162. The Morgan fingerprint density at radius 3 is 2.70 bits per heavy atom. The van der Waals surface area contributed by atoms with Gasteiger partial charge < -0.3 is 24.2 Å². The Morgan fingerprint density at radius 1 is 1.26 bits per heavy atom. The molecule has 1 N–H and O–H groups in total. The fourth-order valence-electron chi connectivity index (χ4n) is 7.37. The summed E-state index contributed by atoms with van der Waals surface area (Å²) in [6.07, 6.45) is 2.41. The molecular formula is C31H36ClF2N3O6. The van der Waals surface area contributed by atoms with Crippen molar-refractivity contribution in [1.82, 2.24) is 15.0 Å². The largest absolute Gasteiger partial charge is 0.487 e. The van der Waals surface area contributed by atoms with Crippen LogP contribution in [0.4, 0.5) is 8.78 Å². The topological polar surface area (TPSA) is 113 Å². The Morgan fingerprint density at radius 2 is 2.02 bits per heavy atom. The Hall–Kier alpha value is -3.21. The van der Waals surface area contributed by atoms with Crippen molar-refractivity contribution >= 4 is 29.4 Å². The molecule has 12 heteroatoms. The molecule has 2 aromatic rings. The maximum absolute atomic E-state index is 14.4. The van der Waals surface area contributed by atoms with Crippen LogP contribution in [-0.4, -0.2) is 57.5 Å². The number of hydrogen-bond acceptors (Lipinski definition) is 6. The number of aryl methyl sites for hydroxylation is 1. The lowest BCUT2D eigenvalue weighted by atomic mass is 9.66. The van der Waals surface area contributed by atoms with Crippen LogP contribution < -0.4 is 4.74 Å². The highest BCUT2D eigenvalue weighted by atomic mass is 35.5. The molecule has 9 nitrogen and oxygen atoms in total. The van der Waals surface area contributed by atoms with Gasteiger partial charge in [0.1, 0.15) is 23.8 Å². The first-order valence-corrected chi connectivity index (χ1v) is 15.3. The van der Waals surface area contributed by atoms with Crippen LogP contribution >= 0.6 is 11.6 Å². The van der Waals surface area contributed by atoms with Gasteiger partial charge in [0.15, 0.2) is 0 Å². The second-order valence-corrected chi connectivity index (χ2v) is 13.3. The number of halogens is 3. The summed E-state index contributed by atoms with van der Waals surface area (Å²) in [6, 6.07) is 2.67. The van der Waals surface area contributed by atoms with Crippen molar-refractivity contribution in [2.75, 3.05) is 19.6 Å². The number of carbonyl (C=O) groups is 3. The fourth-order valence-corrected chi connectivity index (χ4v) is 7.63. The molecule has 43 heavy (non-hydrogen) atoms. The molecule has 3 atom stereocenters. The quantitative estimate of drug-likeness (QED) is 0.393. The summed E-state index contributed by atoms with van der Waals surface area (Å²) in [5.74, 6) is -1.59. The lowest BCUT2D eigenvalue weighted by Crippen LogP contribution is -2.52. The third-order valence-electron chi connectivity index (χ3n) is 10.2. The second-order valence-electron chi connectivity index (χ2n) is 12.9. The third-order valence-corrected chi connectivity index (χ3v) is 10.5. The smallest absolute Gasteiger partial charge is 0.310 e. The van der Waals surface area contributed by atoms with Gasteiger partial charge in [0.2, 0.25) is 11.8 Å². The summed E-state index contributed by atoms with van der Waals surface area (Å²) in [7, 11) is 0. The zero-order chi connectivity index (χ0) is 30.7. The normalized spacial score (nSPS) is 26.2. The molecule has 0 radical (unpaired) electrons. The molecule has 1 aromatic carbocycles. The van der Waals surface area contributed by atoms with E-state index in [2.05, 4.69) is 5.16 Å². The predicted octanol–water partition coefficient (Wildman–Crippen LogP) is 5.87. The molecule has 1 aromatic heterocycles. The van der Waals surface area contributed by atoms with Crippen LogP contribution in [0.5, 0.6) is 5.75 Å². The van der Waals surface area contributed by atoms with Gasteiger partial charge in [-0.25, -0.2) is 8.78 Å². The van der Waals surface area contributed by atoms with E-state index in [4.69, 9.17) is 20.9 Å². The second kappa shape index (κ2) is 11.1. The van der Waals surface area contributed by atoms with Gasteiger partial charge in [0.05, 0.1) is 22.9 Å². The Kier molecular flexibility index (Phi) is 7.67. The Labute approximate surface area is 253 Å². The van der Waals surface area contributed by atoms with Crippen molar-refractivity contribution in [3.05, 3.63) is 45.3 Å². The Balaban J connectivity index is 1.38. The molecule has 2 unspecified atom stereocenters. The maximum Gasteiger partial charge on any atom is 0.310 e. The van der Waals surface area contributed by atoms with Crippen molar-refractivity contribution < 1.29 is 37.5 Å². The first-order valence-electron chi connectivity index (χ1n) is 14.9. The van der Waals surface area contributed by atoms with Crippen LogP contribution in [0.2, 0.25) is 5.02 Å². The molecule has 6 rings (SSSR count). The van der Waals surface area contributed by atoms with Crippen LogP contribution in [-0.2, 0) is 27.4 Å². The first kappa shape index (κ1) is 29.8. The number of carboxylic acid groups (broad SMARTS) is 1. The van der Waals surface area contributed by atoms with E-state index in [1.807, 2.05) is 0 Å². The lowest BCUT2D eigenvalue weighted by Gasteiger charge is -2.45. The highest BCUT2D eigenvalue weighted by molar-refractivity contribution is 6.31. The molecule has 2 saturated carbocycles. The number of aliphatic carboxylic acids is 1. The molecule has 3 fully saturated rings. The van der Waals surface area contributed by atoms with Gasteiger partial charge in [-0.05, 0) is 69.1 Å². The van der Waals surface area contributed by atoms with Crippen LogP contribution in [0.25, 0.3) is 0 Å². The summed E-state index contributed by atoms with van der Waals surface area (Å²) in [5, 5.41) is 14.4. The number of nitrogens with zero attached hydrogens (tertiary/aromatic N) is 3. The molecule has 2 amide bonds. The first-order chi connectivity index (χ1) is 20.4. The van der Waals surface area contributed by atoms with Crippen molar-refractivity contribution in [1.29, 1.82) is 0 Å². The van der Waals surface area contributed by atoms with E-state index >= 15 is 0 Å². The van der Waals surface area contributed by atoms with Gasteiger partial charge in [0, 0.05) is 36.6 Å². The highest BCUT2D eigenvalue weighted by Gasteiger charge is 2.54. The molecule has 232 valence electrons. The van der Waals surface area contributed by atoms with E-state index in [0.29, 0.717) is 55.1 Å². The highest BCUT2D eigenvalue weighted by Crippen LogP contribution is 2.54. The van der Waals surface area contributed by atoms with E-state index < -0.39 is 29.8 Å². The summed E-state index contributed by atoms with van der Waals surface area (Å²) in [5.41, 5.74) is -0.176. The average Bonchev–Trinajstić information content (AvgIpc) is 3.50. The zero-order valence-electron chi connectivity index (χ0n) is 24.3. The van der Waals surface area contributed by atoms with Crippen LogP contribution in [0.15, 0.2) is 16.7 Å². The summed E-state index contributed by atoms with van der Waals surface area (Å²) in [4.78, 5) is 43.4. The minimum absolute atomic E-state index is 0.00117. The van der Waals surface area contributed by atoms with Gasteiger partial charge in [-0.1, -0.05) is 29.6 Å². The molecule has 2 aliphatic carbocycles.